The highest BCUT2D eigenvalue weighted by Gasteiger charge is 2.27. The van der Waals surface area contributed by atoms with Gasteiger partial charge in [0.25, 0.3) is 11.8 Å². The first-order valence-electron chi connectivity index (χ1n) is 9.28. The van der Waals surface area contributed by atoms with Crippen LogP contribution in [0.15, 0.2) is 42.7 Å². The molecule has 0 bridgehead atoms. The van der Waals surface area contributed by atoms with Gasteiger partial charge in [0.2, 0.25) is 0 Å². The van der Waals surface area contributed by atoms with Crippen LogP contribution in [-0.4, -0.2) is 36.4 Å². The third-order valence-electron chi connectivity index (χ3n) is 5.18. The van der Waals surface area contributed by atoms with Crippen LogP contribution < -0.4 is 16.0 Å². The second-order valence-corrected chi connectivity index (χ2v) is 7.43. The van der Waals surface area contributed by atoms with E-state index < -0.39 is 0 Å². The standard InChI is InChI=1S/C21H26N4O2.2ClH/c1-15-4-3-5-17(18(15)25-19(26)16-6-10-22-11-7-16)20(27)24-14-21(2)8-12-23-13-9-21;;/h3-7,10-11,23H,8-9,12-14H2,1-2H3,(H,24,27)(H,25,26);2*1H. The second kappa shape index (κ2) is 11.1. The van der Waals surface area contributed by atoms with E-state index in [1.807, 2.05) is 19.1 Å². The zero-order valence-corrected chi connectivity index (χ0v) is 18.3. The number of piperidine rings is 1. The Labute approximate surface area is 184 Å². The summed E-state index contributed by atoms with van der Waals surface area (Å²) in [6, 6.07) is 8.75. The fraction of sp³-hybridized carbons (Fsp3) is 0.381. The molecular weight excluding hydrogens is 411 g/mol. The lowest BCUT2D eigenvalue weighted by atomic mass is 9.81. The van der Waals surface area contributed by atoms with Gasteiger partial charge in [-0.2, -0.15) is 0 Å². The molecule has 0 saturated carbocycles. The maximum atomic E-state index is 12.8. The summed E-state index contributed by atoms with van der Waals surface area (Å²) in [6.07, 6.45) is 5.21. The van der Waals surface area contributed by atoms with Crippen LogP contribution in [0.5, 0.6) is 0 Å². The fourth-order valence-corrected chi connectivity index (χ4v) is 3.31. The van der Waals surface area contributed by atoms with E-state index in [2.05, 4.69) is 27.9 Å². The van der Waals surface area contributed by atoms with Gasteiger partial charge in [-0.3, -0.25) is 14.6 Å². The van der Waals surface area contributed by atoms with Crippen molar-refractivity contribution in [1.29, 1.82) is 0 Å². The van der Waals surface area contributed by atoms with Crippen molar-refractivity contribution >= 4 is 42.3 Å². The minimum Gasteiger partial charge on any atom is -0.351 e. The van der Waals surface area contributed by atoms with Crippen LogP contribution in [0.2, 0.25) is 0 Å². The SMILES string of the molecule is Cc1cccc(C(=O)NCC2(C)CCNCC2)c1NC(=O)c1ccncc1.Cl.Cl. The van der Waals surface area contributed by atoms with E-state index in [-0.39, 0.29) is 42.0 Å². The van der Waals surface area contributed by atoms with Gasteiger partial charge in [0.05, 0.1) is 11.3 Å². The number of hydrogen-bond acceptors (Lipinski definition) is 4. The number of halogens is 2. The van der Waals surface area contributed by atoms with Gasteiger partial charge >= 0.3 is 0 Å². The lowest BCUT2D eigenvalue weighted by molar-refractivity contribution is 0.0923. The molecule has 1 fully saturated rings. The molecule has 29 heavy (non-hydrogen) atoms. The van der Waals surface area contributed by atoms with Gasteiger partial charge in [-0.1, -0.05) is 19.1 Å². The highest BCUT2D eigenvalue weighted by atomic mass is 35.5. The average Bonchev–Trinajstić information content (AvgIpc) is 2.69. The number of nitrogens with one attached hydrogen (secondary N) is 3. The van der Waals surface area contributed by atoms with Gasteiger partial charge in [-0.15, -0.1) is 24.8 Å². The lowest BCUT2D eigenvalue weighted by Gasteiger charge is -2.34. The summed E-state index contributed by atoms with van der Waals surface area (Å²) in [4.78, 5) is 29.3. The van der Waals surface area contributed by atoms with Crippen LogP contribution in [0, 0.1) is 12.3 Å². The summed E-state index contributed by atoms with van der Waals surface area (Å²) in [6.45, 7) is 6.66. The molecule has 3 N–H and O–H groups in total. The van der Waals surface area contributed by atoms with Crippen molar-refractivity contribution in [2.24, 2.45) is 5.41 Å². The predicted octanol–water partition coefficient (Wildman–Crippen LogP) is 3.61. The summed E-state index contributed by atoms with van der Waals surface area (Å²) < 4.78 is 0. The number of hydrogen-bond donors (Lipinski definition) is 3. The maximum Gasteiger partial charge on any atom is 0.255 e. The number of para-hydroxylation sites is 1. The van der Waals surface area contributed by atoms with E-state index in [1.54, 1.807) is 30.6 Å². The van der Waals surface area contributed by atoms with Gasteiger partial charge in [-0.05, 0) is 62.0 Å². The second-order valence-electron chi connectivity index (χ2n) is 7.43. The van der Waals surface area contributed by atoms with Crippen LogP contribution in [0.1, 0.15) is 46.0 Å². The highest BCUT2D eigenvalue weighted by Crippen LogP contribution is 2.27. The van der Waals surface area contributed by atoms with Crippen molar-refractivity contribution in [2.45, 2.75) is 26.7 Å². The Bertz CT molecular complexity index is 825. The third kappa shape index (κ3) is 6.42. The number of rotatable bonds is 5. The van der Waals surface area contributed by atoms with E-state index in [0.29, 0.717) is 23.4 Å². The summed E-state index contributed by atoms with van der Waals surface area (Å²) in [5.74, 6) is -0.422. The smallest absolute Gasteiger partial charge is 0.255 e. The van der Waals surface area contributed by atoms with Gasteiger partial charge < -0.3 is 16.0 Å². The number of nitrogens with zero attached hydrogens (tertiary/aromatic N) is 1. The number of carbonyl (C=O) groups excluding carboxylic acids is 2. The van der Waals surface area contributed by atoms with E-state index >= 15 is 0 Å². The number of aromatic nitrogens is 1. The van der Waals surface area contributed by atoms with Gasteiger partial charge in [-0.25, -0.2) is 0 Å². The van der Waals surface area contributed by atoms with Crippen LogP contribution in [-0.2, 0) is 0 Å². The Morgan fingerprint density at radius 1 is 1.07 bits per heavy atom. The molecule has 2 heterocycles. The molecule has 1 saturated heterocycles. The average molecular weight is 439 g/mol. The van der Waals surface area contributed by atoms with E-state index in [1.165, 1.54) is 0 Å². The Balaban J connectivity index is 0.00000210. The molecule has 0 radical (unpaired) electrons. The zero-order valence-electron chi connectivity index (χ0n) is 16.7. The van der Waals surface area contributed by atoms with Crippen molar-refractivity contribution in [3.8, 4) is 0 Å². The number of aryl methyl sites for hydroxylation is 1. The van der Waals surface area contributed by atoms with Gasteiger partial charge in [0.1, 0.15) is 0 Å². The number of anilines is 1. The molecule has 2 amide bonds. The van der Waals surface area contributed by atoms with Crippen molar-refractivity contribution in [3.63, 3.8) is 0 Å². The first-order chi connectivity index (χ1) is 13.0. The molecule has 1 aliphatic heterocycles. The Morgan fingerprint density at radius 2 is 1.72 bits per heavy atom. The summed E-state index contributed by atoms with van der Waals surface area (Å²) in [5, 5.41) is 9.30. The maximum absolute atomic E-state index is 12.8. The Morgan fingerprint density at radius 3 is 2.38 bits per heavy atom. The molecule has 1 aromatic heterocycles. The normalized spacial score (nSPS) is 14.7. The quantitative estimate of drug-likeness (QED) is 0.665. The first-order valence-corrected chi connectivity index (χ1v) is 9.28. The number of benzene rings is 1. The molecule has 8 heteroatoms. The van der Waals surface area contributed by atoms with Crippen LogP contribution in [0.3, 0.4) is 0 Å². The number of amides is 2. The number of pyridine rings is 1. The summed E-state index contributed by atoms with van der Waals surface area (Å²) >= 11 is 0. The van der Waals surface area contributed by atoms with E-state index in [4.69, 9.17) is 0 Å². The molecular formula is C21H28Cl2N4O2. The summed E-state index contributed by atoms with van der Waals surface area (Å²) in [7, 11) is 0. The largest absolute Gasteiger partial charge is 0.351 e. The molecule has 3 rings (SSSR count). The molecule has 6 nitrogen and oxygen atoms in total. The number of carbonyl (C=O) groups is 2. The van der Waals surface area contributed by atoms with Crippen molar-refractivity contribution in [1.82, 2.24) is 15.6 Å². The molecule has 0 atom stereocenters. The topological polar surface area (TPSA) is 83.1 Å². The Hall–Kier alpha value is -2.15. The van der Waals surface area contributed by atoms with Crippen LogP contribution >= 0.6 is 24.8 Å². The fourth-order valence-electron chi connectivity index (χ4n) is 3.31. The van der Waals surface area contributed by atoms with Crippen molar-refractivity contribution in [3.05, 3.63) is 59.4 Å². The molecule has 1 aliphatic rings. The molecule has 158 valence electrons. The molecule has 2 aromatic rings. The van der Waals surface area contributed by atoms with Crippen LogP contribution in [0.25, 0.3) is 0 Å². The van der Waals surface area contributed by atoms with E-state index in [9.17, 15) is 9.59 Å². The monoisotopic (exact) mass is 438 g/mol. The minimum atomic E-state index is -0.258. The van der Waals surface area contributed by atoms with Crippen molar-refractivity contribution in [2.75, 3.05) is 25.0 Å². The minimum absolute atomic E-state index is 0. The third-order valence-corrected chi connectivity index (χ3v) is 5.18. The lowest BCUT2D eigenvalue weighted by Crippen LogP contribution is -2.43. The van der Waals surface area contributed by atoms with Gasteiger partial charge in [0, 0.05) is 24.5 Å². The van der Waals surface area contributed by atoms with Crippen molar-refractivity contribution < 1.29 is 9.59 Å². The Kier molecular flexibility index (Phi) is 9.56. The molecule has 0 spiro atoms. The summed E-state index contributed by atoms with van der Waals surface area (Å²) in [5.41, 5.74) is 2.48. The molecule has 0 aliphatic carbocycles. The zero-order chi connectivity index (χ0) is 19.3. The highest BCUT2D eigenvalue weighted by molar-refractivity contribution is 6.09. The van der Waals surface area contributed by atoms with E-state index in [0.717, 1.165) is 31.5 Å². The molecule has 0 unspecified atom stereocenters. The molecule has 1 aromatic carbocycles. The van der Waals surface area contributed by atoms with Crippen LogP contribution in [0.4, 0.5) is 5.69 Å². The first kappa shape index (κ1) is 24.9. The van der Waals surface area contributed by atoms with Gasteiger partial charge in [0.15, 0.2) is 0 Å². The predicted molar refractivity (Wildman–Crippen MR) is 120 cm³/mol.